The lowest BCUT2D eigenvalue weighted by Gasteiger charge is -2.26. The van der Waals surface area contributed by atoms with Gasteiger partial charge in [-0.2, -0.15) is 4.31 Å². The number of nitrogens with zero attached hydrogens (tertiary/aromatic N) is 1. The molecule has 120 valence electrons. The molecule has 4 nitrogen and oxygen atoms in total. The fourth-order valence-corrected chi connectivity index (χ4v) is 6.54. The van der Waals surface area contributed by atoms with Crippen LogP contribution in [0.15, 0.2) is 14.7 Å². The summed E-state index contributed by atoms with van der Waals surface area (Å²) in [4.78, 5) is 1.47. The lowest BCUT2D eigenvalue weighted by atomic mass is 10.3. The molecule has 1 aliphatic carbocycles. The summed E-state index contributed by atoms with van der Waals surface area (Å²) in [6, 6.07) is 2.45. The Morgan fingerprint density at radius 1 is 1.48 bits per heavy atom. The Bertz CT molecular complexity index is 582. The molecule has 0 amide bonds. The fourth-order valence-electron chi connectivity index (χ4n) is 2.24. The molecule has 1 heterocycles. The molecule has 1 aromatic heterocycles. The minimum atomic E-state index is -3.43. The van der Waals surface area contributed by atoms with E-state index in [-0.39, 0.29) is 6.04 Å². The van der Waals surface area contributed by atoms with Gasteiger partial charge in [-0.05, 0) is 48.2 Å². The molecule has 1 aromatic rings. The molecule has 1 fully saturated rings. The predicted octanol–water partition coefficient (Wildman–Crippen LogP) is 3.57. The number of hydrogen-bond acceptors (Lipinski definition) is 4. The van der Waals surface area contributed by atoms with E-state index in [1.807, 2.05) is 26.8 Å². The fraction of sp³-hybridized carbons (Fsp3) is 0.714. The van der Waals surface area contributed by atoms with Crippen LogP contribution in [0.2, 0.25) is 0 Å². The van der Waals surface area contributed by atoms with Gasteiger partial charge in [0.15, 0.2) is 0 Å². The Labute approximate surface area is 140 Å². The van der Waals surface area contributed by atoms with Crippen LogP contribution in [0.3, 0.4) is 0 Å². The molecule has 21 heavy (non-hydrogen) atoms. The molecule has 1 N–H and O–H groups in total. The van der Waals surface area contributed by atoms with Gasteiger partial charge in [0.05, 0.1) is 3.79 Å². The van der Waals surface area contributed by atoms with Crippen molar-refractivity contribution in [1.82, 2.24) is 9.62 Å². The van der Waals surface area contributed by atoms with Crippen molar-refractivity contribution in [1.29, 1.82) is 0 Å². The van der Waals surface area contributed by atoms with Crippen LogP contribution < -0.4 is 5.32 Å². The third-order valence-electron chi connectivity index (χ3n) is 3.83. The molecular formula is C14H23BrN2O2S2. The van der Waals surface area contributed by atoms with E-state index in [0.717, 1.165) is 17.8 Å². The molecule has 0 aliphatic heterocycles. The average molecular weight is 395 g/mol. The van der Waals surface area contributed by atoms with Crippen molar-refractivity contribution >= 4 is 37.3 Å². The summed E-state index contributed by atoms with van der Waals surface area (Å²) < 4.78 is 27.9. The maximum absolute atomic E-state index is 12.8. The van der Waals surface area contributed by atoms with Crippen molar-refractivity contribution in [3.63, 3.8) is 0 Å². The SMILES string of the molecule is CCC(C)N(CC)S(=O)(=O)c1cc(CNC2CC2)sc1Br. The van der Waals surface area contributed by atoms with Crippen molar-refractivity contribution in [2.24, 2.45) is 0 Å². The minimum Gasteiger partial charge on any atom is -0.309 e. The molecule has 7 heteroatoms. The van der Waals surface area contributed by atoms with Crippen LogP contribution in [0, 0.1) is 0 Å². The maximum Gasteiger partial charge on any atom is 0.245 e. The van der Waals surface area contributed by atoms with Crippen LogP contribution in [0.4, 0.5) is 0 Å². The van der Waals surface area contributed by atoms with E-state index in [9.17, 15) is 8.42 Å². The molecule has 1 atom stereocenters. The van der Waals surface area contributed by atoms with Crippen LogP contribution in [0.25, 0.3) is 0 Å². The van der Waals surface area contributed by atoms with Crippen molar-refractivity contribution in [3.8, 4) is 0 Å². The van der Waals surface area contributed by atoms with Crippen molar-refractivity contribution in [2.75, 3.05) is 6.54 Å². The molecule has 2 rings (SSSR count). The molecule has 1 unspecified atom stereocenters. The third kappa shape index (κ3) is 4.07. The topological polar surface area (TPSA) is 49.4 Å². The van der Waals surface area contributed by atoms with Crippen LogP contribution >= 0.6 is 27.3 Å². The quantitative estimate of drug-likeness (QED) is 0.732. The lowest BCUT2D eigenvalue weighted by Crippen LogP contribution is -2.38. The summed E-state index contributed by atoms with van der Waals surface area (Å²) in [5, 5.41) is 3.42. The van der Waals surface area contributed by atoms with E-state index >= 15 is 0 Å². The number of thiophene rings is 1. The number of halogens is 1. The summed E-state index contributed by atoms with van der Waals surface area (Å²) in [5.41, 5.74) is 0. The van der Waals surface area contributed by atoms with Gasteiger partial charge in [0.25, 0.3) is 0 Å². The van der Waals surface area contributed by atoms with Gasteiger partial charge in [-0.1, -0.05) is 13.8 Å². The van der Waals surface area contributed by atoms with Gasteiger partial charge >= 0.3 is 0 Å². The second-order valence-electron chi connectivity index (χ2n) is 5.47. The normalized spacial score (nSPS) is 17.4. The van der Waals surface area contributed by atoms with Crippen LogP contribution in [-0.2, 0) is 16.6 Å². The monoisotopic (exact) mass is 394 g/mol. The molecular weight excluding hydrogens is 372 g/mol. The average Bonchev–Trinajstić information content (AvgIpc) is 3.18. The van der Waals surface area contributed by atoms with Crippen molar-refractivity contribution in [3.05, 3.63) is 14.7 Å². The van der Waals surface area contributed by atoms with Crippen LogP contribution in [0.1, 0.15) is 44.9 Å². The number of rotatable bonds is 8. The zero-order chi connectivity index (χ0) is 15.6. The first-order chi connectivity index (χ1) is 9.90. The van der Waals surface area contributed by atoms with Gasteiger partial charge in [0.1, 0.15) is 4.90 Å². The van der Waals surface area contributed by atoms with Crippen LogP contribution in [0.5, 0.6) is 0 Å². The molecule has 0 spiro atoms. The van der Waals surface area contributed by atoms with E-state index in [0.29, 0.717) is 21.3 Å². The number of hydrogen-bond donors (Lipinski definition) is 1. The van der Waals surface area contributed by atoms with Crippen molar-refractivity contribution < 1.29 is 8.42 Å². The van der Waals surface area contributed by atoms with Gasteiger partial charge in [0.2, 0.25) is 10.0 Å². The molecule has 0 bridgehead atoms. The standard InChI is InChI=1S/C14H23BrN2O2S2/c1-4-10(3)17(5-2)21(18,19)13-8-12(20-14(13)15)9-16-11-6-7-11/h8,10-11,16H,4-7,9H2,1-3H3. The smallest absolute Gasteiger partial charge is 0.245 e. The Kier molecular flexibility index (Phi) is 5.87. The Morgan fingerprint density at radius 2 is 2.14 bits per heavy atom. The first kappa shape index (κ1) is 17.4. The number of sulfonamides is 1. The Morgan fingerprint density at radius 3 is 2.67 bits per heavy atom. The van der Waals surface area contributed by atoms with E-state index in [2.05, 4.69) is 21.2 Å². The van der Waals surface area contributed by atoms with Gasteiger partial charge in [-0.15, -0.1) is 11.3 Å². The van der Waals surface area contributed by atoms with E-state index < -0.39 is 10.0 Å². The van der Waals surface area contributed by atoms with Gasteiger partial charge in [0, 0.05) is 30.1 Å². The van der Waals surface area contributed by atoms with Crippen molar-refractivity contribution in [2.45, 2.75) is 63.6 Å². The van der Waals surface area contributed by atoms with Gasteiger partial charge in [-0.3, -0.25) is 0 Å². The Hall–Kier alpha value is 0.0500. The largest absolute Gasteiger partial charge is 0.309 e. The highest BCUT2D eigenvalue weighted by Crippen LogP contribution is 2.34. The summed E-state index contributed by atoms with van der Waals surface area (Å²) in [7, 11) is -3.43. The highest BCUT2D eigenvalue weighted by Gasteiger charge is 2.30. The summed E-state index contributed by atoms with van der Waals surface area (Å²) >= 11 is 4.94. The third-order valence-corrected chi connectivity index (χ3v) is 8.17. The number of nitrogens with one attached hydrogen (secondary N) is 1. The van der Waals surface area contributed by atoms with E-state index in [1.165, 1.54) is 24.2 Å². The molecule has 0 radical (unpaired) electrons. The molecule has 0 aromatic carbocycles. The van der Waals surface area contributed by atoms with E-state index in [1.54, 1.807) is 4.31 Å². The van der Waals surface area contributed by atoms with Gasteiger partial charge < -0.3 is 5.32 Å². The molecule has 1 saturated carbocycles. The summed E-state index contributed by atoms with van der Waals surface area (Å²) in [6.45, 7) is 7.10. The Balaban J connectivity index is 2.21. The summed E-state index contributed by atoms with van der Waals surface area (Å²) in [5.74, 6) is 0. The zero-order valence-corrected chi connectivity index (χ0v) is 15.9. The highest BCUT2D eigenvalue weighted by atomic mass is 79.9. The second-order valence-corrected chi connectivity index (χ2v) is 9.79. The highest BCUT2D eigenvalue weighted by molar-refractivity contribution is 9.11. The molecule has 1 aliphatic rings. The minimum absolute atomic E-state index is 0.0137. The first-order valence-electron chi connectivity index (χ1n) is 7.43. The zero-order valence-electron chi connectivity index (χ0n) is 12.7. The summed E-state index contributed by atoms with van der Waals surface area (Å²) in [6.07, 6.45) is 3.27. The van der Waals surface area contributed by atoms with Crippen LogP contribution in [-0.4, -0.2) is 31.4 Å². The molecule has 0 saturated heterocycles. The maximum atomic E-state index is 12.8. The second kappa shape index (κ2) is 7.08. The first-order valence-corrected chi connectivity index (χ1v) is 10.5. The van der Waals surface area contributed by atoms with E-state index in [4.69, 9.17) is 0 Å². The predicted molar refractivity (Wildman–Crippen MR) is 91.2 cm³/mol. The lowest BCUT2D eigenvalue weighted by molar-refractivity contribution is 0.342. The van der Waals surface area contributed by atoms with Gasteiger partial charge in [-0.25, -0.2) is 8.42 Å².